The molecule has 0 unspecified atom stereocenters. The lowest BCUT2D eigenvalue weighted by Gasteiger charge is -2.22. The Balaban J connectivity index is 1.32. The molecule has 37 heavy (non-hydrogen) atoms. The number of carbonyl (C=O) groups excluding carboxylic acids is 1. The van der Waals surface area contributed by atoms with Gasteiger partial charge >= 0.3 is 6.43 Å². The number of amides is 1. The highest BCUT2D eigenvalue weighted by Crippen LogP contribution is 2.34. The monoisotopic (exact) mass is 525 g/mol. The Kier molecular flexibility index (Phi) is 7.56. The predicted octanol–water partition coefficient (Wildman–Crippen LogP) is 4.74. The van der Waals surface area contributed by atoms with Crippen molar-refractivity contribution in [3.8, 4) is 22.6 Å². The number of anilines is 1. The lowest BCUT2D eigenvalue weighted by atomic mass is 10.1. The maximum absolute atomic E-state index is 12.7. The number of alkyl halides is 2. The molecule has 1 saturated heterocycles. The summed E-state index contributed by atoms with van der Waals surface area (Å²) < 4.78 is 32.4. The highest BCUT2D eigenvalue weighted by atomic mass is 32.2. The SMILES string of the molecule is CSc1cc(-c2cnn(C3CCNCC3)c2)ccc1N(C=O)Cc1ccc(-c2nnc(C(F)F)o2)cn1. The van der Waals surface area contributed by atoms with Crippen molar-refractivity contribution in [3.63, 3.8) is 0 Å². The lowest BCUT2D eigenvalue weighted by molar-refractivity contribution is -0.107. The Hall–Kier alpha value is -3.64. The minimum Gasteiger partial charge on any atom is -0.415 e. The third kappa shape index (κ3) is 5.54. The van der Waals surface area contributed by atoms with Crippen molar-refractivity contribution >= 4 is 23.9 Å². The molecule has 192 valence electrons. The number of rotatable bonds is 9. The average Bonchev–Trinajstić information content (AvgIpc) is 3.63. The van der Waals surface area contributed by atoms with Gasteiger partial charge in [0.05, 0.1) is 35.7 Å². The summed E-state index contributed by atoms with van der Waals surface area (Å²) >= 11 is 1.55. The summed E-state index contributed by atoms with van der Waals surface area (Å²) in [6.45, 7) is 2.23. The lowest BCUT2D eigenvalue weighted by Crippen LogP contribution is -2.29. The van der Waals surface area contributed by atoms with E-state index in [4.69, 9.17) is 4.42 Å². The molecular formula is C25H25F2N7O2S. The molecule has 1 N–H and O–H groups in total. The first kappa shape index (κ1) is 25.0. The number of pyridine rings is 1. The summed E-state index contributed by atoms with van der Waals surface area (Å²) in [6, 6.07) is 9.72. The molecule has 1 aromatic carbocycles. The number of piperidine rings is 1. The number of benzene rings is 1. The fourth-order valence-corrected chi connectivity index (χ4v) is 4.93. The number of carbonyl (C=O) groups is 1. The van der Waals surface area contributed by atoms with Crippen LogP contribution in [0.3, 0.4) is 0 Å². The highest BCUT2D eigenvalue weighted by Gasteiger charge is 2.19. The van der Waals surface area contributed by atoms with Crippen LogP contribution in [0.4, 0.5) is 14.5 Å². The van der Waals surface area contributed by atoms with Crippen LogP contribution in [0.1, 0.15) is 36.9 Å². The first-order valence-corrected chi connectivity index (χ1v) is 13.0. The van der Waals surface area contributed by atoms with Crippen molar-refractivity contribution in [2.24, 2.45) is 0 Å². The second-order valence-electron chi connectivity index (χ2n) is 8.59. The number of nitrogens with zero attached hydrogens (tertiary/aromatic N) is 6. The van der Waals surface area contributed by atoms with Gasteiger partial charge in [-0.2, -0.15) is 13.9 Å². The number of aromatic nitrogens is 5. The summed E-state index contributed by atoms with van der Waals surface area (Å²) in [7, 11) is 0. The van der Waals surface area contributed by atoms with Gasteiger partial charge in [-0.15, -0.1) is 22.0 Å². The summed E-state index contributed by atoms with van der Waals surface area (Å²) in [6.07, 6.45) is 7.46. The molecule has 0 spiro atoms. The second-order valence-corrected chi connectivity index (χ2v) is 9.44. The van der Waals surface area contributed by atoms with E-state index in [1.54, 1.807) is 28.8 Å². The first-order valence-electron chi connectivity index (χ1n) is 11.8. The van der Waals surface area contributed by atoms with E-state index >= 15 is 0 Å². The largest absolute Gasteiger partial charge is 0.415 e. The molecule has 0 bridgehead atoms. The van der Waals surface area contributed by atoms with Gasteiger partial charge in [-0.1, -0.05) is 6.07 Å². The molecule has 4 heterocycles. The van der Waals surface area contributed by atoms with Crippen LogP contribution in [-0.2, 0) is 11.3 Å². The number of thioether (sulfide) groups is 1. The summed E-state index contributed by atoms with van der Waals surface area (Å²) in [5, 5.41) is 14.9. The minimum absolute atomic E-state index is 0.0367. The van der Waals surface area contributed by atoms with Gasteiger partial charge < -0.3 is 14.6 Å². The minimum atomic E-state index is -2.84. The topological polar surface area (TPSA) is 102 Å². The number of halogens is 2. The van der Waals surface area contributed by atoms with Crippen LogP contribution in [-0.4, -0.2) is 50.7 Å². The van der Waals surface area contributed by atoms with E-state index < -0.39 is 12.3 Å². The molecule has 9 nitrogen and oxygen atoms in total. The van der Waals surface area contributed by atoms with Crippen molar-refractivity contribution in [3.05, 3.63) is 60.5 Å². The van der Waals surface area contributed by atoms with E-state index in [0.717, 1.165) is 54.1 Å². The zero-order chi connectivity index (χ0) is 25.8. The third-order valence-corrected chi connectivity index (χ3v) is 7.03. The maximum atomic E-state index is 12.7. The number of hydrogen-bond acceptors (Lipinski definition) is 8. The summed E-state index contributed by atoms with van der Waals surface area (Å²) in [5.41, 5.74) is 3.86. The number of nitrogens with one attached hydrogen (secondary N) is 1. The van der Waals surface area contributed by atoms with Gasteiger partial charge in [0.2, 0.25) is 12.3 Å². The van der Waals surface area contributed by atoms with E-state index in [0.29, 0.717) is 17.3 Å². The Bertz CT molecular complexity index is 1350. The van der Waals surface area contributed by atoms with Crippen molar-refractivity contribution < 1.29 is 18.0 Å². The van der Waals surface area contributed by atoms with Crippen LogP contribution in [0.5, 0.6) is 0 Å². The summed E-state index contributed by atoms with van der Waals surface area (Å²) in [4.78, 5) is 18.9. The quantitative estimate of drug-likeness (QED) is 0.247. The average molecular weight is 526 g/mol. The van der Waals surface area contributed by atoms with E-state index in [-0.39, 0.29) is 12.4 Å². The first-order chi connectivity index (χ1) is 18.1. The van der Waals surface area contributed by atoms with Crippen LogP contribution in [0, 0.1) is 0 Å². The van der Waals surface area contributed by atoms with Gasteiger partial charge in [-0.25, -0.2) is 0 Å². The van der Waals surface area contributed by atoms with Crippen LogP contribution in [0.2, 0.25) is 0 Å². The summed E-state index contributed by atoms with van der Waals surface area (Å²) in [5.74, 6) is -0.775. The highest BCUT2D eigenvalue weighted by molar-refractivity contribution is 7.98. The molecule has 0 saturated carbocycles. The smallest absolute Gasteiger partial charge is 0.314 e. The normalized spacial score (nSPS) is 14.3. The Morgan fingerprint density at radius 2 is 1.97 bits per heavy atom. The van der Waals surface area contributed by atoms with Gasteiger partial charge in [0.15, 0.2) is 0 Å². The molecule has 1 aliphatic rings. The molecule has 0 radical (unpaired) electrons. The molecule has 12 heteroatoms. The van der Waals surface area contributed by atoms with E-state index in [1.807, 2.05) is 24.6 Å². The van der Waals surface area contributed by atoms with E-state index in [2.05, 4.69) is 42.5 Å². The third-order valence-electron chi connectivity index (χ3n) is 6.27. The Morgan fingerprint density at radius 3 is 2.65 bits per heavy atom. The molecular weight excluding hydrogens is 500 g/mol. The molecule has 1 aliphatic heterocycles. The van der Waals surface area contributed by atoms with Crippen LogP contribution in [0.25, 0.3) is 22.6 Å². The fraction of sp³-hybridized carbons (Fsp3) is 0.320. The molecule has 1 amide bonds. The van der Waals surface area contributed by atoms with E-state index in [1.165, 1.54) is 6.20 Å². The van der Waals surface area contributed by atoms with Crippen molar-refractivity contribution in [1.29, 1.82) is 0 Å². The second kappa shape index (κ2) is 11.2. The molecule has 1 fully saturated rings. The Labute approximate surface area is 216 Å². The van der Waals surface area contributed by atoms with E-state index in [9.17, 15) is 13.6 Å². The zero-order valence-electron chi connectivity index (χ0n) is 20.1. The van der Waals surface area contributed by atoms with Gasteiger partial charge in [0, 0.05) is 22.9 Å². The van der Waals surface area contributed by atoms with Gasteiger partial charge in [-0.3, -0.25) is 14.5 Å². The predicted molar refractivity (Wildman–Crippen MR) is 135 cm³/mol. The molecule has 3 aromatic heterocycles. The molecule has 0 aliphatic carbocycles. The van der Waals surface area contributed by atoms with Crippen molar-refractivity contribution in [2.45, 2.75) is 36.7 Å². The van der Waals surface area contributed by atoms with Gasteiger partial charge in [-0.05, 0) is 62.0 Å². The van der Waals surface area contributed by atoms with Crippen LogP contribution < -0.4 is 10.2 Å². The number of hydrogen-bond donors (Lipinski definition) is 1. The maximum Gasteiger partial charge on any atom is 0.314 e. The van der Waals surface area contributed by atoms with Gasteiger partial charge in [0.25, 0.3) is 5.89 Å². The van der Waals surface area contributed by atoms with Crippen LogP contribution >= 0.6 is 11.8 Å². The standard InChI is InChI=1S/C25H25F2N7O2S/c1-37-22-10-16(18-12-30-34(13-18)20-6-8-28-9-7-20)3-5-21(22)33(15-35)14-19-4-2-17(11-29-19)24-31-32-25(36-24)23(26)27/h2-5,10-13,15,20,23,28H,6-9,14H2,1H3. The van der Waals surface area contributed by atoms with Crippen molar-refractivity contribution in [2.75, 3.05) is 24.2 Å². The van der Waals surface area contributed by atoms with Gasteiger partial charge in [0.1, 0.15) is 0 Å². The zero-order valence-corrected chi connectivity index (χ0v) is 20.9. The fourth-order valence-electron chi connectivity index (χ4n) is 4.29. The van der Waals surface area contributed by atoms with Crippen molar-refractivity contribution in [1.82, 2.24) is 30.3 Å². The Morgan fingerprint density at radius 1 is 1.16 bits per heavy atom. The molecule has 4 aromatic rings. The molecule has 0 atom stereocenters. The molecule has 5 rings (SSSR count). The van der Waals surface area contributed by atoms with Crippen LogP contribution in [0.15, 0.2) is 58.2 Å².